The SMILES string of the molecule is CC1=C(N2CC2)C(=O)c2[nH]c(CO)c(C)c2C1=O. The number of aromatic nitrogens is 1. The van der Waals surface area contributed by atoms with Gasteiger partial charge in [-0.2, -0.15) is 0 Å². The Balaban J connectivity index is 2.21. The first kappa shape index (κ1) is 11.2. The molecule has 1 aromatic rings. The fourth-order valence-electron chi connectivity index (χ4n) is 2.50. The summed E-state index contributed by atoms with van der Waals surface area (Å²) in [6.07, 6.45) is 0. The van der Waals surface area contributed by atoms with Gasteiger partial charge in [0.25, 0.3) is 0 Å². The number of carbonyl (C=O) groups excluding carboxylic acids is 2. The quantitative estimate of drug-likeness (QED) is 0.756. The topological polar surface area (TPSA) is 73.2 Å². The Morgan fingerprint density at radius 3 is 2.44 bits per heavy atom. The lowest BCUT2D eigenvalue weighted by atomic mass is 9.90. The van der Waals surface area contributed by atoms with Gasteiger partial charge in [0, 0.05) is 24.4 Å². The maximum atomic E-state index is 12.4. The largest absolute Gasteiger partial charge is 0.390 e. The molecule has 5 nitrogen and oxygen atoms in total. The maximum absolute atomic E-state index is 12.4. The van der Waals surface area contributed by atoms with Crippen LogP contribution in [0.3, 0.4) is 0 Å². The number of nitrogens with one attached hydrogen (secondary N) is 1. The molecule has 2 aliphatic rings. The molecule has 18 heavy (non-hydrogen) atoms. The van der Waals surface area contributed by atoms with Gasteiger partial charge in [-0.3, -0.25) is 9.59 Å². The van der Waals surface area contributed by atoms with Gasteiger partial charge in [0.15, 0.2) is 5.78 Å². The molecule has 0 aromatic carbocycles. The van der Waals surface area contributed by atoms with Crippen LogP contribution in [-0.2, 0) is 6.61 Å². The van der Waals surface area contributed by atoms with Crippen molar-refractivity contribution in [2.75, 3.05) is 13.1 Å². The molecule has 3 rings (SSSR count). The molecule has 0 amide bonds. The molecule has 0 saturated carbocycles. The Morgan fingerprint density at radius 1 is 1.22 bits per heavy atom. The number of allylic oxidation sites excluding steroid dienone is 2. The minimum Gasteiger partial charge on any atom is -0.390 e. The van der Waals surface area contributed by atoms with Gasteiger partial charge in [-0.15, -0.1) is 0 Å². The van der Waals surface area contributed by atoms with E-state index in [1.165, 1.54) is 0 Å². The van der Waals surface area contributed by atoms with E-state index in [-0.39, 0.29) is 18.2 Å². The van der Waals surface area contributed by atoms with E-state index in [2.05, 4.69) is 4.98 Å². The molecule has 1 aromatic heterocycles. The number of rotatable bonds is 2. The van der Waals surface area contributed by atoms with Crippen molar-refractivity contribution in [3.05, 3.63) is 33.8 Å². The van der Waals surface area contributed by atoms with Crippen molar-refractivity contribution in [1.29, 1.82) is 0 Å². The summed E-state index contributed by atoms with van der Waals surface area (Å²) in [5.41, 5.74) is 2.99. The zero-order chi connectivity index (χ0) is 13.0. The molecule has 1 aliphatic heterocycles. The first-order valence-corrected chi connectivity index (χ1v) is 5.93. The molecule has 0 unspecified atom stereocenters. The van der Waals surface area contributed by atoms with E-state index in [4.69, 9.17) is 0 Å². The number of carbonyl (C=O) groups is 2. The number of ketones is 2. The van der Waals surface area contributed by atoms with E-state index in [0.717, 1.165) is 13.1 Å². The molecule has 1 fully saturated rings. The molecule has 0 bridgehead atoms. The monoisotopic (exact) mass is 246 g/mol. The van der Waals surface area contributed by atoms with Gasteiger partial charge in [0.2, 0.25) is 5.78 Å². The fourth-order valence-corrected chi connectivity index (χ4v) is 2.50. The molecule has 0 spiro atoms. The first-order valence-electron chi connectivity index (χ1n) is 5.93. The van der Waals surface area contributed by atoms with Crippen molar-refractivity contribution in [2.45, 2.75) is 20.5 Å². The molecule has 1 saturated heterocycles. The Bertz CT molecular complexity index is 606. The minimum atomic E-state index is -0.197. The lowest BCUT2D eigenvalue weighted by molar-refractivity contribution is 0.0957. The lowest BCUT2D eigenvalue weighted by Crippen LogP contribution is -2.24. The second-order valence-corrected chi connectivity index (χ2v) is 4.76. The highest BCUT2D eigenvalue weighted by Crippen LogP contribution is 2.33. The number of aliphatic hydroxyl groups is 1. The van der Waals surface area contributed by atoms with Crippen LogP contribution in [0.2, 0.25) is 0 Å². The number of hydrogen-bond donors (Lipinski definition) is 2. The lowest BCUT2D eigenvalue weighted by Gasteiger charge is -2.17. The van der Waals surface area contributed by atoms with Gasteiger partial charge in [0.05, 0.1) is 17.9 Å². The minimum absolute atomic E-state index is 0.111. The predicted molar refractivity (Wildman–Crippen MR) is 64.4 cm³/mol. The summed E-state index contributed by atoms with van der Waals surface area (Å²) in [7, 11) is 0. The molecule has 0 radical (unpaired) electrons. The second-order valence-electron chi connectivity index (χ2n) is 4.76. The maximum Gasteiger partial charge on any atom is 0.226 e. The Morgan fingerprint density at radius 2 is 1.89 bits per heavy atom. The van der Waals surface area contributed by atoms with Gasteiger partial charge < -0.3 is 15.0 Å². The molecule has 0 atom stereocenters. The molecule has 2 heterocycles. The highest BCUT2D eigenvalue weighted by molar-refractivity contribution is 6.26. The third-order valence-corrected chi connectivity index (χ3v) is 3.64. The van der Waals surface area contributed by atoms with Crippen LogP contribution in [0.5, 0.6) is 0 Å². The number of fused-ring (bicyclic) bond motifs is 1. The third-order valence-electron chi connectivity index (χ3n) is 3.64. The zero-order valence-electron chi connectivity index (χ0n) is 10.3. The van der Waals surface area contributed by atoms with Gasteiger partial charge in [0.1, 0.15) is 5.69 Å². The smallest absolute Gasteiger partial charge is 0.226 e. The van der Waals surface area contributed by atoms with Crippen LogP contribution >= 0.6 is 0 Å². The molecule has 94 valence electrons. The Kier molecular flexibility index (Phi) is 2.22. The van der Waals surface area contributed by atoms with Crippen molar-refractivity contribution < 1.29 is 14.7 Å². The number of nitrogens with zero attached hydrogens (tertiary/aromatic N) is 1. The summed E-state index contributed by atoms with van der Waals surface area (Å²) < 4.78 is 0. The molecular weight excluding hydrogens is 232 g/mol. The van der Waals surface area contributed by atoms with Crippen LogP contribution in [0, 0.1) is 6.92 Å². The summed E-state index contributed by atoms with van der Waals surface area (Å²) >= 11 is 0. The van der Waals surface area contributed by atoms with E-state index in [1.54, 1.807) is 13.8 Å². The van der Waals surface area contributed by atoms with E-state index < -0.39 is 0 Å². The molecular formula is C13H14N2O3. The molecule has 5 heteroatoms. The number of hydrogen-bond acceptors (Lipinski definition) is 4. The number of Topliss-reactive ketones (excluding diaryl/α,β-unsaturated/α-hetero) is 2. The Labute approximate surface area is 104 Å². The third kappa shape index (κ3) is 1.31. The number of aliphatic hydroxyl groups excluding tert-OH is 1. The highest BCUT2D eigenvalue weighted by atomic mass is 16.3. The van der Waals surface area contributed by atoms with Crippen molar-refractivity contribution in [2.24, 2.45) is 0 Å². The average Bonchev–Trinajstić information content (AvgIpc) is 3.10. The zero-order valence-corrected chi connectivity index (χ0v) is 10.3. The number of H-pyrrole nitrogens is 1. The Hall–Kier alpha value is -1.88. The fraction of sp³-hybridized carbons (Fsp3) is 0.385. The van der Waals surface area contributed by atoms with E-state index in [9.17, 15) is 14.7 Å². The van der Waals surface area contributed by atoms with Crippen LogP contribution in [0.15, 0.2) is 11.3 Å². The standard InChI is InChI=1S/C13H14N2O3/c1-6-8(5-16)14-10-9(6)12(17)7(2)11(13(10)18)15-3-4-15/h14,16H,3-5H2,1-2H3. The highest BCUT2D eigenvalue weighted by Gasteiger charge is 2.39. The normalized spacial score (nSPS) is 18.5. The van der Waals surface area contributed by atoms with Crippen molar-refractivity contribution in [3.63, 3.8) is 0 Å². The summed E-state index contributed by atoms with van der Waals surface area (Å²) in [6, 6.07) is 0. The van der Waals surface area contributed by atoms with Crippen LogP contribution in [0.1, 0.15) is 39.0 Å². The van der Waals surface area contributed by atoms with Gasteiger partial charge in [-0.25, -0.2) is 0 Å². The van der Waals surface area contributed by atoms with E-state index in [0.29, 0.717) is 33.8 Å². The summed E-state index contributed by atoms with van der Waals surface area (Å²) in [5.74, 6) is -0.248. The van der Waals surface area contributed by atoms with Crippen LogP contribution < -0.4 is 0 Å². The predicted octanol–water partition coefficient (Wildman–Crippen LogP) is 0.784. The van der Waals surface area contributed by atoms with Gasteiger partial charge in [-0.05, 0) is 19.4 Å². The van der Waals surface area contributed by atoms with E-state index >= 15 is 0 Å². The molecule has 1 aliphatic carbocycles. The van der Waals surface area contributed by atoms with Crippen LogP contribution in [0.4, 0.5) is 0 Å². The molecule has 2 N–H and O–H groups in total. The first-order chi connectivity index (χ1) is 8.56. The van der Waals surface area contributed by atoms with Crippen LogP contribution in [0.25, 0.3) is 0 Å². The van der Waals surface area contributed by atoms with Crippen molar-refractivity contribution in [1.82, 2.24) is 9.88 Å². The second kappa shape index (κ2) is 3.55. The summed E-state index contributed by atoms with van der Waals surface area (Å²) in [4.78, 5) is 29.5. The summed E-state index contributed by atoms with van der Waals surface area (Å²) in [6.45, 7) is 4.91. The number of aromatic amines is 1. The van der Waals surface area contributed by atoms with Crippen molar-refractivity contribution >= 4 is 11.6 Å². The summed E-state index contributed by atoms with van der Waals surface area (Å²) in [5, 5.41) is 9.22. The average molecular weight is 246 g/mol. The van der Waals surface area contributed by atoms with Gasteiger partial charge in [-0.1, -0.05) is 0 Å². The van der Waals surface area contributed by atoms with E-state index in [1.807, 2.05) is 4.90 Å². The van der Waals surface area contributed by atoms with Crippen molar-refractivity contribution in [3.8, 4) is 0 Å². The van der Waals surface area contributed by atoms with Crippen LogP contribution in [-0.4, -0.2) is 39.6 Å². The van der Waals surface area contributed by atoms with Gasteiger partial charge >= 0.3 is 0 Å².